The van der Waals surface area contributed by atoms with Gasteiger partial charge in [0.05, 0.1) is 0 Å². The van der Waals surface area contributed by atoms with Crippen molar-refractivity contribution in [3.63, 3.8) is 0 Å². The van der Waals surface area contributed by atoms with E-state index < -0.39 is 0 Å². The molecule has 0 aliphatic carbocycles. The molecule has 0 aromatic carbocycles. The van der Waals surface area contributed by atoms with Crippen molar-refractivity contribution in [1.82, 2.24) is 0 Å². The molecule has 128 valence electrons. The molecule has 0 amide bonds. The summed E-state index contributed by atoms with van der Waals surface area (Å²) in [7, 11) is 0. The van der Waals surface area contributed by atoms with E-state index >= 15 is 0 Å². The van der Waals surface area contributed by atoms with Gasteiger partial charge < -0.3 is 5.11 Å². The van der Waals surface area contributed by atoms with Gasteiger partial charge in [0, 0.05) is 6.61 Å². The second-order valence-corrected chi connectivity index (χ2v) is 6.84. The highest BCUT2D eigenvalue weighted by molar-refractivity contribution is 4.60. The number of hydrogen-bond donors (Lipinski definition) is 1. The first-order valence-corrected chi connectivity index (χ1v) is 9.96. The van der Waals surface area contributed by atoms with Gasteiger partial charge in [0.1, 0.15) is 0 Å². The minimum atomic E-state index is 0.372. The van der Waals surface area contributed by atoms with Crippen LogP contribution in [0.5, 0.6) is 0 Å². The summed E-state index contributed by atoms with van der Waals surface area (Å²) in [5, 5.41) is 8.71. The fourth-order valence-corrected chi connectivity index (χ4v) is 3.29. The van der Waals surface area contributed by atoms with Crippen molar-refractivity contribution in [1.29, 1.82) is 0 Å². The van der Waals surface area contributed by atoms with Crippen LogP contribution in [-0.4, -0.2) is 11.7 Å². The predicted octanol–water partition coefficient (Wildman–Crippen LogP) is 6.88. The summed E-state index contributed by atoms with van der Waals surface area (Å²) < 4.78 is 0. The molecule has 0 heterocycles. The Morgan fingerprint density at radius 1 is 0.524 bits per heavy atom. The molecule has 0 aromatic heterocycles. The molecule has 1 N–H and O–H groups in total. The van der Waals surface area contributed by atoms with Crippen molar-refractivity contribution in [2.24, 2.45) is 5.92 Å². The second-order valence-electron chi connectivity index (χ2n) is 6.84. The van der Waals surface area contributed by atoms with Crippen LogP contribution in [0.3, 0.4) is 0 Å². The lowest BCUT2D eigenvalue weighted by Gasteiger charge is -2.15. The van der Waals surface area contributed by atoms with E-state index in [-0.39, 0.29) is 0 Å². The van der Waals surface area contributed by atoms with Crippen molar-refractivity contribution in [2.45, 2.75) is 117 Å². The maximum Gasteiger partial charge on any atom is 0.0431 e. The van der Waals surface area contributed by atoms with Crippen molar-refractivity contribution in [3.05, 3.63) is 0 Å². The molecule has 0 rings (SSSR count). The normalized spacial score (nSPS) is 12.7. The third-order valence-electron chi connectivity index (χ3n) is 4.68. The van der Waals surface area contributed by atoms with Crippen LogP contribution in [0, 0.1) is 5.92 Å². The fourth-order valence-electron chi connectivity index (χ4n) is 3.29. The molecular formula is C20H42O. The third kappa shape index (κ3) is 16.2. The molecule has 0 aliphatic heterocycles. The van der Waals surface area contributed by atoms with Gasteiger partial charge in [-0.1, -0.05) is 110 Å². The van der Waals surface area contributed by atoms with E-state index in [9.17, 15) is 0 Å². The standard InChI is InChI=1S/C20H42O/c1-3-5-17-20(16-4-2)18-14-12-10-8-6-7-9-11-13-15-19-21/h20-21H,3-19H2,1-2H3. The minimum absolute atomic E-state index is 0.372. The Morgan fingerprint density at radius 3 is 1.48 bits per heavy atom. The van der Waals surface area contributed by atoms with Crippen LogP contribution in [0.15, 0.2) is 0 Å². The number of aliphatic hydroxyl groups excluding tert-OH is 1. The maximum atomic E-state index is 8.71. The quantitative estimate of drug-likeness (QED) is 0.290. The number of hydrogen-bond acceptors (Lipinski definition) is 1. The van der Waals surface area contributed by atoms with Crippen LogP contribution in [0.4, 0.5) is 0 Å². The fraction of sp³-hybridized carbons (Fsp3) is 1.00. The minimum Gasteiger partial charge on any atom is -0.396 e. The summed E-state index contributed by atoms with van der Waals surface area (Å²) in [4.78, 5) is 0. The SMILES string of the molecule is CCCCC(CCC)CCCCCCCCCCCCO. The molecule has 0 saturated heterocycles. The summed E-state index contributed by atoms with van der Waals surface area (Å²) in [6.07, 6.45) is 22.1. The Labute approximate surface area is 134 Å². The molecule has 1 atom stereocenters. The lowest BCUT2D eigenvalue weighted by atomic mass is 9.91. The molecule has 0 saturated carbocycles. The Morgan fingerprint density at radius 2 is 1.00 bits per heavy atom. The molecule has 0 aromatic rings. The van der Waals surface area contributed by atoms with Crippen molar-refractivity contribution >= 4 is 0 Å². The molecule has 0 fully saturated rings. The van der Waals surface area contributed by atoms with Gasteiger partial charge in [0.2, 0.25) is 0 Å². The molecule has 1 heteroatoms. The van der Waals surface area contributed by atoms with Crippen LogP contribution in [0.2, 0.25) is 0 Å². The third-order valence-corrected chi connectivity index (χ3v) is 4.68. The summed E-state index contributed by atoms with van der Waals surface area (Å²) in [5.41, 5.74) is 0. The molecule has 21 heavy (non-hydrogen) atoms. The van der Waals surface area contributed by atoms with Crippen LogP contribution in [0.1, 0.15) is 117 Å². The first kappa shape index (κ1) is 21.0. The topological polar surface area (TPSA) is 20.2 Å². The van der Waals surface area contributed by atoms with E-state index in [0.717, 1.165) is 12.3 Å². The molecule has 1 nitrogen and oxygen atoms in total. The zero-order chi connectivity index (χ0) is 15.6. The number of aliphatic hydroxyl groups is 1. The average Bonchev–Trinajstić information content (AvgIpc) is 2.50. The van der Waals surface area contributed by atoms with Gasteiger partial charge in [-0.3, -0.25) is 0 Å². The zero-order valence-electron chi connectivity index (χ0n) is 15.0. The van der Waals surface area contributed by atoms with Gasteiger partial charge in [-0.05, 0) is 12.3 Å². The Kier molecular flexibility index (Phi) is 18.0. The van der Waals surface area contributed by atoms with Gasteiger partial charge >= 0.3 is 0 Å². The highest BCUT2D eigenvalue weighted by atomic mass is 16.2. The van der Waals surface area contributed by atoms with Gasteiger partial charge in [-0.25, -0.2) is 0 Å². The zero-order valence-corrected chi connectivity index (χ0v) is 15.0. The van der Waals surface area contributed by atoms with Crippen LogP contribution < -0.4 is 0 Å². The van der Waals surface area contributed by atoms with E-state index in [1.807, 2.05) is 0 Å². The highest BCUT2D eigenvalue weighted by Gasteiger charge is 2.06. The molecule has 0 aliphatic rings. The number of rotatable bonds is 17. The summed E-state index contributed by atoms with van der Waals surface area (Å²) >= 11 is 0. The highest BCUT2D eigenvalue weighted by Crippen LogP contribution is 2.22. The maximum absolute atomic E-state index is 8.71. The van der Waals surface area contributed by atoms with Crippen molar-refractivity contribution < 1.29 is 5.11 Å². The van der Waals surface area contributed by atoms with E-state index in [1.165, 1.54) is 96.3 Å². The molecule has 0 radical (unpaired) electrons. The predicted molar refractivity (Wildman–Crippen MR) is 95.8 cm³/mol. The van der Waals surface area contributed by atoms with E-state index in [0.29, 0.717) is 6.61 Å². The Bertz CT molecular complexity index is 179. The first-order chi connectivity index (χ1) is 10.3. The monoisotopic (exact) mass is 298 g/mol. The average molecular weight is 299 g/mol. The van der Waals surface area contributed by atoms with E-state index in [2.05, 4.69) is 13.8 Å². The lowest BCUT2D eigenvalue weighted by Crippen LogP contribution is -2.00. The van der Waals surface area contributed by atoms with Crippen molar-refractivity contribution in [2.75, 3.05) is 6.61 Å². The van der Waals surface area contributed by atoms with E-state index in [1.54, 1.807) is 0 Å². The Balaban J connectivity index is 3.25. The molecule has 0 bridgehead atoms. The summed E-state index contributed by atoms with van der Waals surface area (Å²) in [6, 6.07) is 0. The smallest absolute Gasteiger partial charge is 0.0431 e. The number of unbranched alkanes of at least 4 members (excludes halogenated alkanes) is 10. The lowest BCUT2D eigenvalue weighted by molar-refractivity contribution is 0.282. The molecule has 1 unspecified atom stereocenters. The summed E-state index contributed by atoms with van der Waals surface area (Å²) in [5.74, 6) is 1.02. The Hall–Kier alpha value is -0.0400. The van der Waals surface area contributed by atoms with E-state index in [4.69, 9.17) is 5.11 Å². The second kappa shape index (κ2) is 18.0. The molecule has 0 spiro atoms. The van der Waals surface area contributed by atoms with Crippen LogP contribution in [0.25, 0.3) is 0 Å². The largest absolute Gasteiger partial charge is 0.396 e. The van der Waals surface area contributed by atoms with Crippen LogP contribution in [-0.2, 0) is 0 Å². The van der Waals surface area contributed by atoms with Gasteiger partial charge in [0.25, 0.3) is 0 Å². The first-order valence-electron chi connectivity index (χ1n) is 9.96. The van der Waals surface area contributed by atoms with Gasteiger partial charge in [-0.15, -0.1) is 0 Å². The van der Waals surface area contributed by atoms with Gasteiger partial charge in [-0.2, -0.15) is 0 Å². The van der Waals surface area contributed by atoms with Crippen LogP contribution >= 0.6 is 0 Å². The molecular weight excluding hydrogens is 256 g/mol. The van der Waals surface area contributed by atoms with Gasteiger partial charge in [0.15, 0.2) is 0 Å². The summed E-state index contributed by atoms with van der Waals surface area (Å²) in [6.45, 7) is 5.02. The van der Waals surface area contributed by atoms with Crippen molar-refractivity contribution in [3.8, 4) is 0 Å².